The number of thiazole rings is 1. The second kappa shape index (κ2) is 9.40. The van der Waals surface area contributed by atoms with Crippen molar-refractivity contribution < 1.29 is 4.79 Å². The first-order valence-electron chi connectivity index (χ1n) is 9.43. The van der Waals surface area contributed by atoms with Gasteiger partial charge in [-0.25, -0.2) is 4.98 Å². The summed E-state index contributed by atoms with van der Waals surface area (Å²) in [5.41, 5.74) is 4.10. The Morgan fingerprint density at radius 3 is 2.58 bits per heavy atom. The Bertz CT molecular complexity index is 1310. The van der Waals surface area contributed by atoms with Crippen LogP contribution in [0.3, 0.4) is 0 Å². The van der Waals surface area contributed by atoms with Crippen molar-refractivity contribution in [3.8, 4) is 17.3 Å². The summed E-state index contributed by atoms with van der Waals surface area (Å²) >= 11 is 7.53. The lowest BCUT2D eigenvalue weighted by Crippen LogP contribution is -2.12. The highest BCUT2D eigenvalue weighted by molar-refractivity contribution is 7.11. The van der Waals surface area contributed by atoms with E-state index in [0.29, 0.717) is 26.9 Å². The first kappa shape index (κ1) is 20.5. The number of nitrogens with zero attached hydrogens (tertiary/aromatic N) is 2. The third kappa shape index (κ3) is 4.89. The first-order valence-corrected chi connectivity index (χ1v) is 10.7. The van der Waals surface area contributed by atoms with Gasteiger partial charge in [-0.1, -0.05) is 66.2 Å². The number of amides is 1. The van der Waals surface area contributed by atoms with Crippen molar-refractivity contribution in [2.24, 2.45) is 0 Å². The van der Waals surface area contributed by atoms with Gasteiger partial charge in [-0.15, -0.1) is 11.3 Å². The summed E-state index contributed by atoms with van der Waals surface area (Å²) in [6, 6.07) is 26.2. The summed E-state index contributed by atoms with van der Waals surface area (Å²) in [6.07, 6.45) is 1.76. The molecule has 1 N–H and O–H groups in total. The van der Waals surface area contributed by atoms with Crippen LogP contribution in [0.1, 0.15) is 20.9 Å². The van der Waals surface area contributed by atoms with Crippen LogP contribution in [0.4, 0.5) is 5.69 Å². The maximum absolute atomic E-state index is 12.5. The summed E-state index contributed by atoms with van der Waals surface area (Å²) in [5.74, 6) is -0.292. The zero-order valence-corrected chi connectivity index (χ0v) is 17.8. The van der Waals surface area contributed by atoms with Crippen LogP contribution in [0, 0.1) is 11.3 Å². The predicted octanol–water partition coefficient (Wildman–Crippen LogP) is 6.78. The lowest BCUT2D eigenvalue weighted by atomic mass is 10.1. The van der Waals surface area contributed by atoms with E-state index in [4.69, 9.17) is 11.6 Å². The van der Waals surface area contributed by atoms with E-state index in [1.807, 2.05) is 47.8 Å². The molecular weight excluding hydrogens is 426 g/mol. The van der Waals surface area contributed by atoms with Crippen LogP contribution in [-0.2, 0) is 0 Å². The van der Waals surface area contributed by atoms with Gasteiger partial charge in [-0.3, -0.25) is 4.79 Å². The molecule has 31 heavy (non-hydrogen) atoms. The van der Waals surface area contributed by atoms with Gasteiger partial charge < -0.3 is 5.32 Å². The molecule has 1 aromatic heterocycles. The van der Waals surface area contributed by atoms with Crippen molar-refractivity contribution in [3.05, 3.63) is 105 Å². The number of halogens is 1. The summed E-state index contributed by atoms with van der Waals surface area (Å²) < 4.78 is 0. The monoisotopic (exact) mass is 441 g/mol. The fraction of sp³-hybridized carbons (Fsp3) is 0. The van der Waals surface area contributed by atoms with Gasteiger partial charge in [0.2, 0.25) is 0 Å². The van der Waals surface area contributed by atoms with E-state index in [-0.39, 0.29) is 5.91 Å². The van der Waals surface area contributed by atoms with Crippen molar-refractivity contribution in [2.75, 3.05) is 5.32 Å². The average Bonchev–Trinajstić information content (AvgIpc) is 3.29. The number of anilines is 1. The molecule has 0 saturated carbocycles. The van der Waals surface area contributed by atoms with Crippen LogP contribution in [0.2, 0.25) is 5.02 Å². The minimum absolute atomic E-state index is 0.292. The molecule has 0 bridgehead atoms. The Morgan fingerprint density at radius 2 is 1.81 bits per heavy atom. The second-order valence-electron chi connectivity index (χ2n) is 6.63. The molecule has 0 fully saturated rings. The molecule has 0 saturated heterocycles. The maximum Gasteiger partial charge on any atom is 0.257 e. The summed E-state index contributed by atoms with van der Waals surface area (Å²) in [5, 5.41) is 15.5. The highest BCUT2D eigenvalue weighted by atomic mass is 35.5. The van der Waals surface area contributed by atoms with E-state index in [0.717, 1.165) is 16.8 Å². The third-order valence-electron chi connectivity index (χ3n) is 4.50. The second-order valence-corrected chi connectivity index (χ2v) is 7.90. The molecule has 3 aromatic carbocycles. The molecule has 4 aromatic rings. The Kier molecular flexibility index (Phi) is 6.23. The Labute approximate surface area is 189 Å². The molecule has 0 aliphatic heterocycles. The third-order valence-corrected chi connectivity index (χ3v) is 5.70. The van der Waals surface area contributed by atoms with Gasteiger partial charge in [0.1, 0.15) is 11.1 Å². The van der Waals surface area contributed by atoms with E-state index in [1.165, 1.54) is 11.3 Å². The molecule has 150 valence electrons. The molecule has 0 unspecified atom stereocenters. The Balaban J connectivity index is 1.57. The fourth-order valence-electron chi connectivity index (χ4n) is 3.00. The number of rotatable bonds is 5. The van der Waals surface area contributed by atoms with Gasteiger partial charge in [0.25, 0.3) is 5.91 Å². The maximum atomic E-state index is 12.5. The number of benzene rings is 3. The number of hydrogen-bond acceptors (Lipinski definition) is 4. The van der Waals surface area contributed by atoms with Gasteiger partial charge in [-0.2, -0.15) is 5.26 Å². The zero-order chi connectivity index (χ0) is 21.6. The van der Waals surface area contributed by atoms with E-state index in [2.05, 4.69) is 16.4 Å². The number of nitrogens with one attached hydrogen (secondary N) is 1. The first-order chi connectivity index (χ1) is 15.1. The smallest absolute Gasteiger partial charge is 0.257 e. The number of carbonyl (C=O) groups excluding carboxylic acids is 1. The lowest BCUT2D eigenvalue weighted by molar-refractivity contribution is 0.102. The molecule has 1 heterocycles. The minimum atomic E-state index is -0.292. The predicted molar refractivity (Wildman–Crippen MR) is 127 cm³/mol. The van der Waals surface area contributed by atoms with E-state index >= 15 is 0 Å². The SMILES string of the molecule is N#C/C(=C\c1cccc(NC(=O)c2ccccc2Cl)c1)c1nc(-c2ccccc2)cs1. The molecule has 4 nitrogen and oxygen atoms in total. The highest BCUT2D eigenvalue weighted by Gasteiger charge is 2.11. The molecular formula is C25H16ClN3OS. The molecule has 0 spiro atoms. The van der Waals surface area contributed by atoms with Crippen molar-refractivity contribution in [1.82, 2.24) is 4.98 Å². The zero-order valence-electron chi connectivity index (χ0n) is 16.2. The molecule has 6 heteroatoms. The van der Waals surface area contributed by atoms with E-state index < -0.39 is 0 Å². The summed E-state index contributed by atoms with van der Waals surface area (Å²) in [4.78, 5) is 17.1. The molecule has 0 aliphatic carbocycles. The largest absolute Gasteiger partial charge is 0.322 e. The molecule has 1 amide bonds. The number of aromatic nitrogens is 1. The van der Waals surface area contributed by atoms with Gasteiger partial charge >= 0.3 is 0 Å². The Hall–Kier alpha value is -3.72. The average molecular weight is 442 g/mol. The highest BCUT2D eigenvalue weighted by Crippen LogP contribution is 2.27. The Morgan fingerprint density at radius 1 is 1.03 bits per heavy atom. The number of nitriles is 1. The quantitative estimate of drug-likeness (QED) is 0.347. The summed E-state index contributed by atoms with van der Waals surface area (Å²) in [6.45, 7) is 0. The molecule has 4 rings (SSSR count). The number of hydrogen-bond donors (Lipinski definition) is 1. The molecule has 0 atom stereocenters. The van der Waals surface area contributed by atoms with Gasteiger partial charge in [0.15, 0.2) is 0 Å². The molecule has 0 radical (unpaired) electrons. The van der Waals surface area contributed by atoms with Crippen LogP contribution in [0.15, 0.2) is 84.2 Å². The fourth-order valence-corrected chi connectivity index (χ4v) is 4.01. The van der Waals surface area contributed by atoms with Crippen molar-refractivity contribution in [2.45, 2.75) is 0 Å². The normalized spacial score (nSPS) is 11.0. The van der Waals surface area contributed by atoms with Crippen LogP contribution < -0.4 is 5.32 Å². The van der Waals surface area contributed by atoms with Crippen LogP contribution in [0.5, 0.6) is 0 Å². The van der Waals surface area contributed by atoms with Gasteiger partial charge in [0, 0.05) is 16.6 Å². The minimum Gasteiger partial charge on any atom is -0.322 e. The van der Waals surface area contributed by atoms with Crippen LogP contribution in [-0.4, -0.2) is 10.9 Å². The van der Waals surface area contributed by atoms with Crippen LogP contribution >= 0.6 is 22.9 Å². The van der Waals surface area contributed by atoms with E-state index in [9.17, 15) is 10.1 Å². The number of allylic oxidation sites excluding steroid dienone is 1. The van der Waals surface area contributed by atoms with Gasteiger partial charge in [-0.05, 0) is 35.9 Å². The van der Waals surface area contributed by atoms with Crippen molar-refractivity contribution >= 4 is 46.2 Å². The standard InChI is InChI=1S/C25H16ClN3OS/c26-22-12-5-4-11-21(22)24(30)28-20-10-6-7-17(14-20)13-19(15-27)25-29-23(16-31-25)18-8-2-1-3-9-18/h1-14,16H,(H,28,30)/b19-13+. The van der Waals surface area contributed by atoms with Crippen LogP contribution in [0.25, 0.3) is 22.9 Å². The number of carbonyl (C=O) groups is 1. The molecule has 0 aliphatic rings. The van der Waals surface area contributed by atoms with Crippen molar-refractivity contribution in [3.63, 3.8) is 0 Å². The lowest BCUT2D eigenvalue weighted by Gasteiger charge is -2.07. The van der Waals surface area contributed by atoms with E-state index in [1.54, 1.807) is 42.5 Å². The van der Waals surface area contributed by atoms with Gasteiger partial charge in [0.05, 0.1) is 21.9 Å². The topological polar surface area (TPSA) is 65.8 Å². The van der Waals surface area contributed by atoms with Crippen molar-refractivity contribution in [1.29, 1.82) is 5.26 Å². The summed E-state index contributed by atoms with van der Waals surface area (Å²) in [7, 11) is 0.